The fourth-order valence-electron chi connectivity index (χ4n) is 4.02. The Morgan fingerprint density at radius 3 is 2.37 bits per heavy atom. The number of nitrogens with zero attached hydrogens (tertiary/aromatic N) is 3. The molecule has 0 aromatic heterocycles. The molecule has 1 aliphatic heterocycles. The van der Waals surface area contributed by atoms with Crippen LogP contribution in [-0.2, 0) is 16.0 Å². The monoisotopic (exact) mass is 472 g/mol. The highest BCUT2D eigenvalue weighted by molar-refractivity contribution is 6.24. The molecular weight excluding hydrogens is 443 g/mol. The summed E-state index contributed by atoms with van der Waals surface area (Å²) in [6, 6.07) is 21.3. The molecule has 1 aliphatic rings. The number of anilines is 1. The van der Waals surface area contributed by atoms with Gasteiger partial charge in [0.2, 0.25) is 11.8 Å². The number of rotatable bonds is 8. The summed E-state index contributed by atoms with van der Waals surface area (Å²) in [5, 5.41) is 2.78. The highest BCUT2D eigenvalue weighted by atomic mass is 19.1. The van der Waals surface area contributed by atoms with E-state index < -0.39 is 11.7 Å². The Bertz CT molecular complexity index is 1240. The predicted molar refractivity (Wildman–Crippen MR) is 137 cm³/mol. The van der Waals surface area contributed by atoms with E-state index in [-0.39, 0.29) is 11.8 Å². The second-order valence-electron chi connectivity index (χ2n) is 8.98. The normalized spacial score (nSPS) is 15.2. The van der Waals surface area contributed by atoms with Crippen LogP contribution in [0.5, 0.6) is 0 Å². The molecule has 1 atom stereocenters. The molecule has 1 unspecified atom stereocenters. The third-order valence-electron chi connectivity index (χ3n) is 6.04. The maximum atomic E-state index is 13.7. The average Bonchev–Trinajstić information content (AvgIpc) is 3.16. The van der Waals surface area contributed by atoms with E-state index in [1.54, 1.807) is 11.0 Å². The van der Waals surface area contributed by atoms with Gasteiger partial charge in [0.15, 0.2) is 0 Å². The van der Waals surface area contributed by atoms with Gasteiger partial charge < -0.3 is 15.1 Å². The van der Waals surface area contributed by atoms with Gasteiger partial charge >= 0.3 is 0 Å². The zero-order chi connectivity index (χ0) is 24.9. The number of benzene rings is 3. The molecule has 1 heterocycles. The van der Waals surface area contributed by atoms with Crippen LogP contribution in [0.1, 0.15) is 22.6 Å². The van der Waals surface area contributed by atoms with Crippen LogP contribution in [0, 0.1) is 5.82 Å². The molecule has 1 N–H and O–H groups in total. The third-order valence-corrected chi connectivity index (χ3v) is 6.04. The SMILES string of the molecule is CN(C)CCN(C)C(=O)Cc1ccc(N=C(c2ccccc2)C2C(=O)Nc3cc(F)ccc32)cc1. The molecule has 180 valence electrons. The van der Waals surface area contributed by atoms with Crippen LogP contribution in [0.15, 0.2) is 77.8 Å². The van der Waals surface area contributed by atoms with Gasteiger partial charge in [0.25, 0.3) is 0 Å². The Morgan fingerprint density at radius 2 is 1.69 bits per heavy atom. The highest BCUT2D eigenvalue weighted by Crippen LogP contribution is 2.36. The lowest BCUT2D eigenvalue weighted by atomic mass is 9.90. The number of nitrogens with one attached hydrogen (secondary N) is 1. The van der Waals surface area contributed by atoms with Crippen molar-refractivity contribution in [2.45, 2.75) is 12.3 Å². The van der Waals surface area contributed by atoms with Gasteiger partial charge in [-0.05, 0) is 55.1 Å². The van der Waals surface area contributed by atoms with Gasteiger partial charge in [-0.25, -0.2) is 4.39 Å². The van der Waals surface area contributed by atoms with Gasteiger partial charge in [-0.15, -0.1) is 0 Å². The second-order valence-corrected chi connectivity index (χ2v) is 8.98. The van der Waals surface area contributed by atoms with Crippen LogP contribution < -0.4 is 5.32 Å². The maximum absolute atomic E-state index is 13.7. The molecule has 35 heavy (non-hydrogen) atoms. The molecule has 0 radical (unpaired) electrons. The first kappa shape index (κ1) is 24.3. The molecule has 2 amide bonds. The molecule has 3 aromatic rings. The van der Waals surface area contributed by atoms with Crippen LogP contribution in [0.2, 0.25) is 0 Å². The Balaban J connectivity index is 1.60. The number of aliphatic imine (C=N–C) groups is 1. The van der Waals surface area contributed by atoms with E-state index in [9.17, 15) is 14.0 Å². The van der Waals surface area contributed by atoms with Crippen LogP contribution in [-0.4, -0.2) is 61.6 Å². The number of amides is 2. The number of fused-ring (bicyclic) bond motifs is 1. The van der Waals surface area contributed by atoms with Crippen molar-refractivity contribution >= 4 is 28.9 Å². The predicted octanol–water partition coefficient (Wildman–Crippen LogP) is 4.24. The van der Waals surface area contributed by atoms with Crippen LogP contribution in [0.4, 0.5) is 15.8 Å². The van der Waals surface area contributed by atoms with Crippen LogP contribution in [0.25, 0.3) is 0 Å². The highest BCUT2D eigenvalue weighted by Gasteiger charge is 2.35. The molecule has 0 bridgehead atoms. The van der Waals surface area contributed by atoms with Crippen molar-refractivity contribution in [2.75, 3.05) is 39.5 Å². The number of hydrogen-bond acceptors (Lipinski definition) is 4. The lowest BCUT2D eigenvalue weighted by Gasteiger charge is -2.19. The van der Waals surface area contributed by atoms with Crippen molar-refractivity contribution in [1.29, 1.82) is 0 Å². The first-order valence-corrected chi connectivity index (χ1v) is 11.5. The first-order valence-electron chi connectivity index (χ1n) is 11.5. The Labute approximate surface area is 205 Å². The van der Waals surface area contributed by atoms with Gasteiger partial charge in [-0.3, -0.25) is 14.6 Å². The van der Waals surface area contributed by atoms with Crippen molar-refractivity contribution in [1.82, 2.24) is 9.80 Å². The summed E-state index contributed by atoms with van der Waals surface area (Å²) in [6.07, 6.45) is 0.309. The van der Waals surface area contributed by atoms with E-state index in [0.717, 1.165) is 17.7 Å². The third kappa shape index (κ3) is 5.81. The molecule has 0 spiro atoms. The van der Waals surface area contributed by atoms with E-state index in [1.165, 1.54) is 12.1 Å². The van der Waals surface area contributed by atoms with E-state index >= 15 is 0 Å². The van der Waals surface area contributed by atoms with Gasteiger partial charge in [-0.1, -0.05) is 48.5 Å². The zero-order valence-corrected chi connectivity index (χ0v) is 20.2. The molecule has 7 heteroatoms. The van der Waals surface area contributed by atoms with Crippen LogP contribution >= 0.6 is 0 Å². The topological polar surface area (TPSA) is 65.0 Å². The minimum Gasteiger partial charge on any atom is -0.344 e. The van der Waals surface area contributed by atoms with Crippen molar-refractivity contribution < 1.29 is 14.0 Å². The molecule has 0 aliphatic carbocycles. The summed E-state index contributed by atoms with van der Waals surface area (Å²) < 4.78 is 13.7. The minimum atomic E-state index is -0.653. The van der Waals surface area contributed by atoms with Gasteiger partial charge in [0, 0.05) is 25.8 Å². The van der Waals surface area contributed by atoms with E-state index in [0.29, 0.717) is 35.6 Å². The van der Waals surface area contributed by atoms with Gasteiger partial charge in [0.1, 0.15) is 11.7 Å². The number of hydrogen-bond donors (Lipinski definition) is 1. The molecule has 6 nitrogen and oxygen atoms in total. The Hall–Kier alpha value is -3.84. The average molecular weight is 473 g/mol. The van der Waals surface area contributed by atoms with E-state index in [1.807, 2.05) is 80.6 Å². The van der Waals surface area contributed by atoms with Crippen molar-refractivity contribution in [3.8, 4) is 0 Å². The maximum Gasteiger partial charge on any atom is 0.238 e. The number of likely N-dealkylation sites (N-methyl/N-ethyl adjacent to an activating group) is 2. The van der Waals surface area contributed by atoms with Crippen molar-refractivity contribution in [3.05, 3.63) is 95.3 Å². The summed E-state index contributed by atoms with van der Waals surface area (Å²) in [6.45, 7) is 1.48. The molecule has 3 aromatic carbocycles. The van der Waals surface area contributed by atoms with Crippen molar-refractivity contribution in [3.63, 3.8) is 0 Å². The Kier molecular flexibility index (Phi) is 7.36. The molecule has 4 rings (SSSR count). The zero-order valence-electron chi connectivity index (χ0n) is 20.2. The molecular formula is C28H29FN4O2. The standard InChI is InChI=1S/C28H29FN4O2/c1-32(2)15-16-33(3)25(34)17-19-9-12-22(13-10-19)30-27(20-7-5-4-6-8-20)26-23-14-11-21(29)18-24(23)31-28(26)35/h4-14,18,26H,15-17H2,1-3H3,(H,31,35). The van der Waals surface area contributed by atoms with Gasteiger partial charge in [-0.2, -0.15) is 0 Å². The lowest BCUT2D eigenvalue weighted by molar-refractivity contribution is -0.129. The Morgan fingerprint density at radius 1 is 0.971 bits per heavy atom. The lowest BCUT2D eigenvalue weighted by Crippen LogP contribution is -2.34. The molecule has 0 saturated heterocycles. The largest absolute Gasteiger partial charge is 0.344 e. The number of carbonyl (C=O) groups excluding carboxylic acids is 2. The fourth-order valence-corrected chi connectivity index (χ4v) is 4.02. The van der Waals surface area contributed by atoms with Crippen LogP contribution in [0.3, 0.4) is 0 Å². The molecule has 0 fully saturated rings. The van der Waals surface area contributed by atoms with E-state index in [4.69, 9.17) is 4.99 Å². The smallest absolute Gasteiger partial charge is 0.238 e. The summed E-state index contributed by atoms with van der Waals surface area (Å²) >= 11 is 0. The summed E-state index contributed by atoms with van der Waals surface area (Å²) in [4.78, 5) is 34.1. The minimum absolute atomic E-state index is 0.0551. The number of halogens is 1. The first-order chi connectivity index (χ1) is 16.8. The summed E-state index contributed by atoms with van der Waals surface area (Å²) in [5.41, 5.74) is 4.13. The van der Waals surface area contributed by atoms with Crippen molar-refractivity contribution in [2.24, 2.45) is 4.99 Å². The number of carbonyl (C=O) groups is 2. The molecule has 0 saturated carbocycles. The quantitative estimate of drug-likeness (QED) is 0.499. The summed E-state index contributed by atoms with van der Waals surface area (Å²) in [7, 11) is 5.77. The van der Waals surface area contributed by atoms with Gasteiger partial charge in [0.05, 0.1) is 17.8 Å². The van der Waals surface area contributed by atoms with E-state index in [2.05, 4.69) is 5.32 Å². The fraction of sp³-hybridized carbons (Fsp3) is 0.250. The summed E-state index contributed by atoms with van der Waals surface area (Å²) in [5.74, 6) is -1.24. The second kappa shape index (κ2) is 10.6.